The second-order valence-electron chi connectivity index (χ2n) is 17.4. The SMILES string of the molecule is O=C(O)C(F)(F)F.O=C1COc2c(CCNCCN(C(=O)CCOCCc3cccc(CN4CCC5(CC4)CN(C(=O)C(O)c4ccccc4Cl)CCO5)c3)C3CCCCC3)ccc(O)c2N1. The Morgan fingerprint density at radius 1 is 0.970 bits per heavy atom. The largest absolute Gasteiger partial charge is 0.506 e. The van der Waals surface area contributed by atoms with Crippen LogP contribution in [0.3, 0.4) is 0 Å². The Hall–Kier alpha value is -4.98. The molecule has 1 atom stereocenters. The summed E-state index contributed by atoms with van der Waals surface area (Å²) in [5.74, 6) is -2.73. The van der Waals surface area contributed by atoms with Crippen molar-refractivity contribution < 1.29 is 61.9 Å². The summed E-state index contributed by atoms with van der Waals surface area (Å²) in [5.41, 5.74) is 3.69. The first-order chi connectivity index (χ1) is 32.1. The number of phenolic OH excluding ortho intramolecular Hbond substituents is 1. The van der Waals surface area contributed by atoms with E-state index < -0.39 is 23.9 Å². The lowest BCUT2D eigenvalue weighted by molar-refractivity contribution is -0.192. The number of phenols is 1. The van der Waals surface area contributed by atoms with E-state index in [-0.39, 0.29) is 36.1 Å². The van der Waals surface area contributed by atoms with Gasteiger partial charge in [-0.3, -0.25) is 19.3 Å². The third kappa shape index (κ3) is 14.8. The molecule has 1 aliphatic carbocycles. The maximum Gasteiger partial charge on any atom is 0.490 e. The lowest BCUT2D eigenvalue weighted by atomic mass is 9.88. The number of aliphatic hydroxyl groups excluding tert-OH is 1. The zero-order valence-corrected chi connectivity index (χ0v) is 38.3. The van der Waals surface area contributed by atoms with Crippen molar-refractivity contribution in [2.24, 2.45) is 0 Å². The molecule has 3 aliphatic heterocycles. The van der Waals surface area contributed by atoms with Crippen LogP contribution >= 0.6 is 11.6 Å². The first-order valence-electron chi connectivity index (χ1n) is 22.9. The van der Waals surface area contributed by atoms with Crippen molar-refractivity contribution in [3.8, 4) is 11.5 Å². The number of nitrogens with one attached hydrogen (secondary N) is 2. The van der Waals surface area contributed by atoms with E-state index in [0.717, 1.165) is 70.1 Å². The quantitative estimate of drug-likeness (QED) is 0.0800. The number of halogens is 4. The van der Waals surface area contributed by atoms with E-state index >= 15 is 0 Å². The number of benzene rings is 3. The van der Waals surface area contributed by atoms with Gasteiger partial charge in [0.25, 0.3) is 11.8 Å². The van der Waals surface area contributed by atoms with E-state index in [1.165, 1.54) is 17.5 Å². The van der Waals surface area contributed by atoms with Crippen LogP contribution in [0.2, 0.25) is 5.02 Å². The van der Waals surface area contributed by atoms with Crippen LogP contribution in [0.4, 0.5) is 18.9 Å². The number of ether oxygens (including phenoxy) is 3. The number of carbonyl (C=O) groups excluding carboxylic acids is 3. The number of aliphatic carboxylic acids is 1. The molecule has 3 aromatic rings. The fraction of sp³-hybridized carbons (Fsp3) is 0.542. The van der Waals surface area contributed by atoms with Crippen molar-refractivity contribution in [2.45, 2.75) is 94.7 Å². The first-order valence-corrected chi connectivity index (χ1v) is 23.3. The van der Waals surface area contributed by atoms with Crippen molar-refractivity contribution in [1.82, 2.24) is 20.0 Å². The summed E-state index contributed by atoms with van der Waals surface area (Å²) in [4.78, 5) is 53.7. The van der Waals surface area contributed by atoms with Gasteiger partial charge in [0.05, 0.1) is 31.8 Å². The lowest BCUT2D eigenvalue weighted by Crippen LogP contribution is -2.58. The number of hydrogen-bond acceptors (Lipinski definition) is 11. The molecule has 67 heavy (non-hydrogen) atoms. The van der Waals surface area contributed by atoms with Crippen LogP contribution < -0.4 is 15.4 Å². The number of nitrogens with zero attached hydrogens (tertiary/aromatic N) is 3. The highest BCUT2D eigenvalue weighted by Gasteiger charge is 2.42. The molecule has 2 saturated heterocycles. The third-order valence-corrected chi connectivity index (χ3v) is 13.0. The van der Waals surface area contributed by atoms with Gasteiger partial charge in [-0.05, 0) is 73.9 Å². The molecule has 19 heteroatoms. The molecule has 1 saturated carbocycles. The highest BCUT2D eigenvalue weighted by molar-refractivity contribution is 6.31. The van der Waals surface area contributed by atoms with Gasteiger partial charge < -0.3 is 50.0 Å². The van der Waals surface area contributed by atoms with Gasteiger partial charge in [-0.2, -0.15) is 13.2 Å². The highest BCUT2D eigenvalue weighted by Crippen LogP contribution is 2.39. The summed E-state index contributed by atoms with van der Waals surface area (Å²) in [6.07, 6.45) is 2.59. The number of aliphatic hydroxyl groups is 1. The molecule has 15 nitrogen and oxygen atoms in total. The molecule has 5 N–H and O–H groups in total. The summed E-state index contributed by atoms with van der Waals surface area (Å²) in [7, 11) is 0. The molecule has 4 aliphatic rings. The maximum absolute atomic E-state index is 13.5. The molecule has 7 rings (SSSR count). The van der Waals surface area contributed by atoms with Crippen molar-refractivity contribution in [3.63, 3.8) is 0 Å². The third-order valence-electron chi connectivity index (χ3n) is 12.7. The molecule has 1 unspecified atom stereocenters. The minimum atomic E-state index is -5.08. The minimum Gasteiger partial charge on any atom is -0.506 e. The van der Waals surface area contributed by atoms with Gasteiger partial charge in [0.2, 0.25) is 5.91 Å². The molecule has 0 bridgehead atoms. The van der Waals surface area contributed by atoms with Gasteiger partial charge >= 0.3 is 12.1 Å². The average molecular weight is 960 g/mol. The zero-order chi connectivity index (χ0) is 48.0. The molecule has 366 valence electrons. The predicted octanol–water partition coefficient (Wildman–Crippen LogP) is 5.88. The number of alkyl halides is 3. The van der Waals surface area contributed by atoms with Crippen molar-refractivity contribution in [1.29, 1.82) is 0 Å². The fourth-order valence-corrected chi connectivity index (χ4v) is 9.30. The van der Waals surface area contributed by atoms with E-state index in [4.69, 9.17) is 35.7 Å². The number of piperidine rings is 1. The summed E-state index contributed by atoms with van der Waals surface area (Å²) < 4.78 is 49.7. The van der Waals surface area contributed by atoms with E-state index in [1.54, 1.807) is 35.2 Å². The maximum atomic E-state index is 13.5. The number of amides is 3. The van der Waals surface area contributed by atoms with Gasteiger partial charge in [-0.25, -0.2) is 4.79 Å². The topological polar surface area (TPSA) is 190 Å². The number of aromatic hydroxyl groups is 1. The Labute approximate surface area is 393 Å². The minimum absolute atomic E-state index is 0.0105. The fourth-order valence-electron chi connectivity index (χ4n) is 9.06. The number of rotatable bonds is 17. The highest BCUT2D eigenvalue weighted by atomic mass is 35.5. The molecule has 3 amide bonds. The number of fused-ring (bicyclic) bond motifs is 1. The molecule has 1 spiro atoms. The summed E-state index contributed by atoms with van der Waals surface area (Å²) in [6, 6.07) is 19.2. The van der Waals surface area contributed by atoms with E-state index in [1.807, 2.05) is 6.07 Å². The second kappa shape index (κ2) is 24.3. The number of morpholine rings is 1. The van der Waals surface area contributed by atoms with E-state index in [9.17, 15) is 37.8 Å². The van der Waals surface area contributed by atoms with Crippen molar-refractivity contribution in [2.75, 3.05) is 77.6 Å². The Morgan fingerprint density at radius 3 is 2.43 bits per heavy atom. The van der Waals surface area contributed by atoms with Crippen LogP contribution in [0, 0.1) is 0 Å². The predicted molar refractivity (Wildman–Crippen MR) is 243 cm³/mol. The van der Waals surface area contributed by atoms with Gasteiger partial charge in [-0.15, -0.1) is 0 Å². The first kappa shape index (κ1) is 51.4. The van der Waals surface area contributed by atoms with Crippen LogP contribution in [-0.2, 0) is 48.0 Å². The molecule has 0 aromatic heterocycles. The number of hydrogen-bond donors (Lipinski definition) is 5. The number of likely N-dealkylation sites (tertiary alicyclic amines) is 1. The normalized spacial score (nSPS) is 17.9. The number of anilines is 1. The monoisotopic (exact) mass is 959 g/mol. The Morgan fingerprint density at radius 2 is 1.70 bits per heavy atom. The Kier molecular flexibility index (Phi) is 18.7. The standard InChI is InChI=1S/C46H60ClN5O8.C2HF3O2/c47-38-12-5-4-11-37(38)43(56)45(57)51-25-28-60-46(32-51)18-22-50(23-19-46)30-34-8-6-7-33(29-34)16-26-58-27-17-41(55)52(36-9-2-1-3-10-36)24-21-48-20-15-35-13-14-39(53)42-44(35)59-31-40(54)49-42;3-2(4,5)1(6)7/h4-8,11-14,29,36,43,48,53,56H,1-3,9-10,15-28,30-32H2,(H,49,54);(H,6,7). The van der Waals surface area contributed by atoms with Crippen LogP contribution in [0.5, 0.6) is 11.5 Å². The molecular formula is C48H61ClF3N5O10. The summed E-state index contributed by atoms with van der Waals surface area (Å²) in [5, 5.41) is 34.7. The molecule has 3 heterocycles. The summed E-state index contributed by atoms with van der Waals surface area (Å²) >= 11 is 6.27. The Balaban J connectivity index is 0.000000980. The number of carbonyl (C=O) groups is 4. The van der Waals surface area contributed by atoms with Crippen LogP contribution in [0.1, 0.15) is 79.7 Å². The molecule has 3 aromatic carbocycles. The van der Waals surface area contributed by atoms with Gasteiger partial charge in [-0.1, -0.05) is 79.4 Å². The smallest absolute Gasteiger partial charge is 0.490 e. The van der Waals surface area contributed by atoms with Gasteiger partial charge in [0.15, 0.2) is 18.5 Å². The van der Waals surface area contributed by atoms with Crippen molar-refractivity contribution in [3.05, 3.63) is 87.9 Å². The van der Waals surface area contributed by atoms with Crippen molar-refractivity contribution >= 4 is 41.0 Å². The van der Waals surface area contributed by atoms with Crippen LogP contribution in [0.15, 0.2) is 60.7 Å². The molecule has 3 fully saturated rings. The zero-order valence-electron chi connectivity index (χ0n) is 37.5. The molecular weight excluding hydrogens is 899 g/mol. The van der Waals surface area contributed by atoms with Gasteiger partial charge in [0, 0.05) is 62.4 Å². The average Bonchev–Trinajstić information content (AvgIpc) is 3.31. The van der Waals surface area contributed by atoms with Gasteiger partial charge in [0.1, 0.15) is 11.4 Å². The number of carboxylic acid groups (broad SMARTS) is 1. The summed E-state index contributed by atoms with van der Waals surface area (Å²) in [6.45, 7) is 6.71. The second-order valence-corrected chi connectivity index (χ2v) is 17.8. The Bertz CT molecular complexity index is 2150. The van der Waals surface area contributed by atoms with E-state index in [2.05, 4.69) is 44.7 Å². The number of carboxylic acids is 1. The van der Waals surface area contributed by atoms with Crippen LogP contribution in [0.25, 0.3) is 0 Å². The molecule has 0 radical (unpaired) electrons. The van der Waals surface area contributed by atoms with E-state index in [0.29, 0.717) is 87.4 Å². The lowest BCUT2D eigenvalue weighted by Gasteiger charge is -2.47. The van der Waals surface area contributed by atoms with Crippen LogP contribution in [-0.4, -0.2) is 144 Å².